The summed E-state index contributed by atoms with van der Waals surface area (Å²) in [5, 5.41) is 2.81. The molecule has 0 saturated heterocycles. The molecule has 0 aromatic carbocycles. The summed E-state index contributed by atoms with van der Waals surface area (Å²) in [5.41, 5.74) is 0.699. The third kappa shape index (κ3) is 3.14. The Balaban J connectivity index is 2.08. The lowest BCUT2D eigenvalue weighted by molar-refractivity contribution is 0.103. The van der Waals surface area contributed by atoms with Crippen molar-refractivity contribution in [2.24, 2.45) is 0 Å². The van der Waals surface area contributed by atoms with Gasteiger partial charge < -0.3 is 5.32 Å². The van der Waals surface area contributed by atoms with Crippen LogP contribution in [0.15, 0.2) is 35.1 Å². The van der Waals surface area contributed by atoms with Crippen LogP contribution < -0.4 is 5.32 Å². The summed E-state index contributed by atoms with van der Waals surface area (Å²) in [7, 11) is 0. The van der Waals surface area contributed by atoms with Crippen LogP contribution in [0.3, 0.4) is 0 Å². The van der Waals surface area contributed by atoms with Crippen LogP contribution in [0, 0.1) is 0 Å². The van der Waals surface area contributed by atoms with Crippen molar-refractivity contribution < 1.29 is 4.79 Å². The highest BCUT2D eigenvalue weighted by Crippen LogP contribution is 2.18. The highest BCUT2D eigenvalue weighted by Gasteiger charge is 2.08. The minimum absolute atomic E-state index is 0.0844. The molecule has 1 N–H and O–H groups in total. The highest BCUT2D eigenvalue weighted by atomic mass is 79.9. The van der Waals surface area contributed by atoms with E-state index in [9.17, 15) is 4.79 Å². The topological polar surface area (TPSA) is 42.0 Å². The molecule has 0 unspecified atom stereocenters. The molecule has 0 bridgehead atoms. The summed E-state index contributed by atoms with van der Waals surface area (Å²) < 4.78 is 0.750. The van der Waals surface area contributed by atoms with E-state index in [0.717, 1.165) is 15.9 Å². The van der Waals surface area contributed by atoms with E-state index in [1.807, 2.05) is 18.2 Å². The first-order chi connectivity index (χ1) is 8.19. The fraction of sp³-hybridized carbons (Fsp3) is 0.167. The Labute approximate surface area is 112 Å². The maximum Gasteiger partial charge on any atom is 0.265 e. The Morgan fingerprint density at radius 1 is 1.41 bits per heavy atom. The molecular weight excluding hydrogens is 300 g/mol. The predicted molar refractivity (Wildman–Crippen MR) is 73.6 cm³/mol. The normalized spacial score (nSPS) is 10.2. The number of aryl methyl sites for hydroxylation is 1. The first-order valence-electron chi connectivity index (χ1n) is 5.20. The van der Waals surface area contributed by atoms with Gasteiger partial charge in [0.15, 0.2) is 0 Å². The average molecular weight is 311 g/mol. The van der Waals surface area contributed by atoms with Crippen molar-refractivity contribution in [2.45, 2.75) is 13.3 Å². The van der Waals surface area contributed by atoms with Crippen LogP contribution in [0.2, 0.25) is 0 Å². The van der Waals surface area contributed by atoms with Gasteiger partial charge in [0, 0.05) is 4.88 Å². The standard InChI is InChI=1S/C12H11BrN2OS/c1-2-9-4-5-10(17-9)12(16)15-8-3-6-11(13)14-7-8/h3-7H,2H2,1H3,(H,15,16). The van der Waals surface area contributed by atoms with Gasteiger partial charge >= 0.3 is 0 Å². The molecule has 1 amide bonds. The molecule has 0 radical (unpaired) electrons. The summed E-state index contributed by atoms with van der Waals surface area (Å²) in [6.45, 7) is 2.08. The van der Waals surface area contributed by atoms with E-state index in [2.05, 4.69) is 33.2 Å². The minimum Gasteiger partial charge on any atom is -0.320 e. The van der Waals surface area contributed by atoms with Crippen molar-refractivity contribution in [3.63, 3.8) is 0 Å². The Bertz CT molecular complexity index is 522. The smallest absolute Gasteiger partial charge is 0.265 e. The number of nitrogens with one attached hydrogen (secondary N) is 1. The van der Waals surface area contributed by atoms with Crippen LogP contribution in [0.25, 0.3) is 0 Å². The van der Waals surface area contributed by atoms with Gasteiger partial charge in [-0.2, -0.15) is 0 Å². The van der Waals surface area contributed by atoms with Gasteiger partial charge in [-0.15, -0.1) is 11.3 Å². The van der Waals surface area contributed by atoms with Crippen molar-refractivity contribution >= 4 is 38.9 Å². The molecule has 0 atom stereocenters. The molecule has 88 valence electrons. The van der Waals surface area contributed by atoms with E-state index in [0.29, 0.717) is 5.69 Å². The second-order valence-electron chi connectivity index (χ2n) is 3.44. The monoisotopic (exact) mass is 310 g/mol. The molecule has 0 aliphatic rings. The number of thiophene rings is 1. The van der Waals surface area contributed by atoms with Gasteiger partial charge in [0.25, 0.3) is 5.91 Å². The number of hydrogen-bond acceptors (Lipinski definition) is 3. The van der Waals surface area contributed by atoms with Crippen LogP contribution in [-0.4, -0.2) is 10.9 Å². The molecular formula is C12H11BrN2OS. The maximum absolute atomic E-state index is 11.9. The van der Waals surface area contributed by atoms with Gasteiger partial charge in [0.05, 0.1) is 16.8 Å². The van der Waals surface area contributed by atoms with Crippen molar-refractivity contribution in [1.82, 2.24) is 4.98 Å². The zero-order valence-corrected chi connectivity index (χ0v) is 11.6. The number of anilines is 1. The second kappa shape index (κ2) is 5.42. The molecule has 0 aliphatic heterocycles. The van der Waals surface area contributed by atoms with Crippen molar-refractivity contribution in [3.05, 3.63) is 44.8 Å². The van der Waals surface area contributed by atoms with E-state index < -0.39 is 0 Å². The summed E-state index contributed by atoms with van der Waals surface area (Å²) in [6.07, 6.45) is 2.58. The third-order valence-corrected chi connectivity index (χ3v) is 3.92. The first-order valence-corrected chi connectivity index (χ1v) is 6.81. The van der Waals surface area contributed by atoms with Crippen LogP contribution in [0.4, 0.5) is 5.69 Å². The molecule has 0 fully saturated rings. The number of rotatable bonds is 3. The Morgan fingerprint density at radius 3 is 2.82 bits per heavy atom. The number of nitrogens with zero attached hydrogens (tertiary/aromatic N) is 1. The molecule has 2 heterocycles. The number of carbonyl (C=O) groups is 1. The number of aromatic nitrogens is 1. The largest absolute Gasteiger partial charge is 0.320 e. The first kappa shape index (κ1) is 12.3. The van der Waals surface area contributed by atoms with Gasteiger partial charge in [-0.1, -0.05) is 6.92 Å². The number of pyridine rings is 1. The van der Waals surface area contributed by atoms with Gasteiger partial charge in [0.2, 0.25) is 0 Å². The molecule has 17 heavy (non-hydrogen) atoms. The number of amides is 1. The summed E-state index contributed by atoms with van der Waals surface area (Å²) in [4.78, 5) is 17.9. The zero-order chi connectivity index (χ0) is 12.3. The molecule has 0 saturated carbocycles. The van der Waals surface area contributed by atoms with E-state index in [4.69, 9.17) is 0 Å². The third-order valence-electron chi connectivity index (χ3n) is 2.22. The van der Waals surface area contributed by atoms with Crippen molar-refractivity contribution in [1.29, 1.82) is 0 Å². The summed E-state index contributed by atoms with van der Waals surface area (Å²) in [6, 6.07) is 7.44. The van der Waals surface area contributed by atoms with Crippen molar-refractivity contribution in [2.75, 3.05) is 5.32 Å². The number of carbonyl (C=O) groups excluding carboxylic acids is 1. The van der Waals surface area contributed by atoms with E-state index >= 15 is 0 Å². The van der Waals surface area contributed by atoms with Crippen LogP contribution >= 0.6 is 27.3 Å². The Kier molecular flexibility index (Phi) is 3.91. The number of hydrogen-bond donors (Lipinski definition) is 1. The molecule has 2 rings (SSSR count). The fourth-order valence-corrected chi connectivity index (χ4v) is 2.41. The number of halogens is 1. The molecule has 5 heteroatoms. The molecule has 3 nitrogen and oxygen atoms in total. The lowest BCUT2D eigenvalue weighted by Gasteiger charge is -2.02. The minimum atomic E-state index is -0.0844. The van der Waals surface area contributed by atoms with Gasteiger partial charge in [-0.3, -0.25) is 4.79 Å². The van der Waals surface area contributed by atoms with Gasteiger partial charge in [0.1, 0.15) is 4.60 Å². The zero-order valence-electron chi connectivity index (χ0n) is 9.24. The van der Waals surface area contributed by atoms with Crippen molar-refractivity contribution in [3.8, 4) is 0 Å². The predicted octanol–water partition coefficient (Wildman–Crippen LogP) is 3.72. The Hall–Kier alpha value is -1.20. The molecule has 2 aromatic heterocycles. The maximum atomic E-state index is 11.9. The van der Waals surface area contributed by atoms with Crippen LogP contribution in [0.1, 0.15) is 21.5 Å². The van der Waals surface area contributed by atoms with E-state index in [1.54, 1.807) is 12.3 Å². The SMILES string of the molecule is CCc1ccc(C(=O)Nc2ccc(Br)nc2)s1. The van der Waals surface area contributed by atoms with Gasteiger partial charge in [-0.05, 0) is 46.6 Å². The van der Waals surface area contributed by atoms with Crippen LogP contribution in [-0.2, 0) is 6.42 Å². The quantitative estimate of drug-likeness (QED) is 0.878. The van der Waals surface area contributed by atoms with Crippen LogP contribution in [0.5, 0.6) is 0 Å². The summed E-state index contributed by atoms with van der Waals surface area (Å²) >= 11 is 4.77. The van der Waals surface area contributed by atoms with E-state index in [-0.39, 0.29) is 5.91 Å². The van der Waals surface area contributed by atoms with Gasteiger partial charge in [-0.25, -0.2) is 4.98 Å². The fourth-order valence-electron chi connectivity index (χ4n) is 1.33. The highest BCUT2D eigenvalue weighted by molar-refractivity contribution is 9.10. The Morgan fingerprint density at radius 2 is 2.24 bits per heavy atom. The molecule has 2 aromatic rings. The molecule has 0 spiro atoms. The molecule has 0 aliphatic carbocycles. The lowest BCUT2D eigenvalue weighted by Crippen LogP contribution is -2.10. The average Bonchev–Trinajstić information content (AvgIpc) is 2.81. The lowest BCUT2D eigenvalue weighted by atomic mass is 10.3. The second-order valence-corrected chi connectivity index (χ2v) is 5.42. The summed E-state index contributed by atoms with van der Waals surface area (Å²) in [5.74, 6) is -0.0844. The van der Waals surface area contributed by atoms with E-state index in [1.165, 1.54) is 16.2 Å².